The van der Waals surface area contributed by atoms with Crippen LogP contribution in [0.25, 0.3) is 0 Å². The number of esters is 2. The van der Waals surface area contributed by atoms with Gasteiger partial charge in [-0.25, -0.2) is 4.57 Å². The third kappa shape index (κ3) is 75.3. The number of ether oxygens (including phenoxy) is 2. The van der Waals surface area contributed by atoms with Gasteiger partial charge in [-0.1, -0.05) is 347 Å². The summed E-state index contributed by atoms with van der Waals surface area (Å²) in [5.41, 5.74) is 5.41. The van der Waals surface area contributed by atoms with Gasteiger partial charge in [-0.3, -0.25) is 18.6 Å². The van der Waals surface area contributed by atoms with Crippen LogP contribution < -0.4 is 5.73 Å². The highest BCUT2D eigenvalue weighted by atomic mass is 31.2. The highest BCUT2D eigenvalue weighted by Gasteiger charge is 2.26. The zero-order valence-electron chi connectivity index (χ0n) is 59.1. The molecule has 2 unspecified atom stereocenters. The van der Waals surface area contributed by atoms with E-state index >= 15 is 0 Å². The van der Waals surface area contributed by atoms with E-state index in [0.717, 1.165) is 96.3 Å². The molecule has 0 spiro atoms. The second-order valence-electron chi connectivity index (χ2n) is 25.1. The van der Waals surface area contributed by atoms with Gasteiger partial charge in [0.25, 0.3) is 0 Å². The van der Waals surface area contributed by atoms with Crippen molar-refractivity contribution < 1.29 is 37.6 Å². The molecule has 0 aromatic rings. The van der Waals surface area contributed by atoms with E-state index < -0.39 is 26.5 Å². The number of unbranched alkanes of at least 4 members (excludes halogenated alkanes) is 38. The molecule has 0 bridgehead atoms. The molecule has 524 valence electrons. The fourth-order valence-corrected chi connectivity index (χ4v) is 11.5. The lowest BCUT2D eigenvalue weighted by Gasteiger charge is -2.19. The maximum absolute atomic E-state index is 12.8. The van der Waals surface area contributed by atoms with Crippen molar-refractivity contribution in [3.05, 3.63) is 122 Å². The van der Waals surface area contributed by atoms with Gasteiger partial charge >= 0.3 is 19.8 Å². The molecule has 10 heteroatoms. The summed E-state index contributed by atoms with van der Waals surface area (Å²) in [5.74, 6) is -0.817. The Morgan fingerprint density at radius 3 is 0.901 bits per heavy atom. The highest BCUT2D eigenvalue weighted by Crippen LogP contribution is 2.43. The average Bonchev–Trinajstić information content (AvgIpc) is 3.71. The SMILES string of the molecule is CC/C=C\C/C=C\C/C=C\C/C=C\C/C=C\C/C=C\C/C=C\CCCCCCCCCCCCCCCCCCCC(=O)OC(COC(=O)CCCCCCCCCCCCCCCCCC/C=C\C/C=C\C/C=C\CCCCCCC)COP(=O)(O)OCCN. The van der Waals surface area contributed by atoms with Gasteiger partial charge in [0.15, 0.2) is 6.10 Å². The van der Waals surface area contributed by atoms with Crippen molar-refractivity contribution in [3.63, 3.8) is 0 Å². The summed E-state index contributed by atoms with van der Waals surface area (Å²) in [5, 5.41) is 0. The first-order valence-electron chi connectivity index (χ1n) is 38.0. The number of carbonyl (C=O) groups excluding carboxylic acids is 2. The van der Waals surface area contributed by atoms with Crippen LogP contribution in [0.2, 0.25) is 0 Å². The van der Waals surface area contributed by atoms with E-state index in [9.17, 15) is 19.0 Å². The third-order valence-electron chi connectivity index (χ3n) is 16.3. The number of rotatable bonds is 71. The van der Waals surface area contributed by atoms with E-state index in [2.05, 4.69) is 135 Å². The summed E-state index contributed by atoms with van der Waals surface area (Å²) >= 11 is 0. The molecule has 0 radical (unpaired) electrons. The third-order valence-corrected chi connectivity index (χ3v) is 17.3. The molecule has 9 nitrogen and oxygen atoms in total. The number of allylic oxidation sites excluding steroid dienone is 20. The van der Waals surface area contributed by atoms with Crippen LogP contribution in [0.15, 0.2) is 122 Å². The minimum Gasteiger partial charge on any atom is -0.462 e. The molecule has 0 saturated carbocycles. The van der Waals surface area contributed by atoms with Gasteiger partial charge in [-0.2, -0.15) is 0 Å². The zero-order chi connectivity index (χ0) is 65.8. The van der Waals surface area contributed by atoms with Crippen molar-refractivity contribution in [1.29, 1.82) is 0 Å². The van der Waals surface area contributed by atoms with Crippen LogP contribution >= 0.6 is 7.82 Å². The Morgan fingerprint density at radius 1 is 0.341 bits per heavy atom. The summed E-state index contributed by atoms with van der Waals surface area (Å²) < 4.78 is 33.2. The van der Waals surface area contributed by atoms with Crippen LogP contribution in [0.4, 0.5) is 0 Å². The molecular formula is C81H142NO8P. The van der Waals surface area contributed by atoms with Crippen LogP contribution in [0.1, 0.15) is 348 Å². The molecule has 0 amide bonds. The van der Waals surface area contributed by atoms with E-state index in [-0.39, 0.29) is 38.6 Å². The van der Waals surface area contributed by atoms with Gasteiger partial charge in [-0.05, 0) is 109 Å². The van der Waals surface area contributed by atoms with E-state index in [1.165, 1.54) is 218 Å². The molecule has 0 saturated heterocycles. The van der Waals surface area contributed by atoms with Crippen LogP contribution in [0, 0.1) is 0 Å². The van der Waals surface area contributed by atoms with Crippen LogP contribution in [-0.4, -0.2) is 49.3 Å². The first-order valence-corrected chi connectivity index (χ1v) is 39.5. The molecule has 0 rings (SSSR count). The summed E-state index contributed by atoms with van der Waals surface area (Å²) in [4.78, 5) is 35.4. The van der Waals surface area contributed by atoms with E-state index in [0.29, 0.717) is 6.42 Å². The predicted octanol–water partition coefficient (Wildman–Crippen LogP) is 25.4. The van der Waals surface area contributed by atoms with Crippen LogP contribution in [0.5, 0.6) is 0 Å². The molecule has 2 atom stereocenters. The maximum atomic E-state index is 12.8. The summed E-state index contributed by atoms with van der Waals surface area (Å²) in [6.07, 6.45) is 106. The van der Waals surface area contributed by atoms with Crippen molar-refractivity contribution in [3.8, 4) is 0 Å². The van der Waals surface area contributed by atoms with Crippen molar-refractivity contribution in [2.75, 3.05) is 26.4 Å². The fraction of sp³-hybridized carbons (Fsp3) is 0.728. The Hall–Kier alpha value is -3.59. The predicted molar refractivity (Wildman–Crippen MR) is 394 cm³/mol. The number of phosphoric acid groups is 1. The molecule has 0 aliphatic rings. The molecule has 0 fully saturated rings. The Bertz CT molecular complexity index is 1910. The van der Waals surface area contributed by atoms with Crippen LogP contribution in [-0.2, 0) is 32.7 Å². The minimum atomic E-state index is -4.40. The highest BCUT2D eigenvalue weighted by molar-refractivity contribution is 7.47. The van der Waals surface area contributed by atoms with Gasteiger partial charge in [-0.15, -0.1) is 0 Å². The van der Waals surface area contributed by atoms with E-state index in [1.54, 1.807) is 0 Å². The van der Waals surface area contributed by atoms with Gasteiger partial charge in [0.1, 0.15) is 6.61 Å². The Labute approximate surface area is 561 Å². The first-order chi connectivity index (χ1) is 44.8. The lowest BCUT2D eigenvalue weighted by atomic mass is 10.0. The normalized spacial score (nSPS) is 13.6. The van der Waals surface area contributed by atoms with Gasteiger partial charge in [0.05, 0.1) is 13.2 Å². The number of hydrogen-bond acceptors (Lipinski definition) is 8. The molecule has 91 heavy (non-hydrogen) atoms. The second-order valence-corrected chi connectivity index (χ2v) is 26.6. The average molecular weight is 1290 g/mol. The largest absolute Gasteiger partial charge is 0.472 e. The lowest BCUT2D eigenvalue weighted by molar-refractivity contribution is -0.161. The summed E-state index contributed by atoms with van der Waals surface area (Å²) in [7, 11) is -4.40. The Kier molecular flexibility index (Phi) is 72.5. The second kappa shape index (κ2) is 75.4. The number of nitrogens with two attached hydrogens (primary N) is 1. The van der Waals surface area contributed by atoms with Gasteiger partial charge in [0.2, 0.25) is 0 Å². The minimum absolute atomic E-state index is 0.0510. The zero-order valence-corrected chi connectivity index (χ0v) is 59.9. The van der Waals surface area contributed by atoms with Gasteiger partial charge in [0, 0.05) is 19.4 Å². The van der Waals surface area contributed by atoms with Gasteiger partial charge < -0.3 is 20.1 Å². The molecular weight excluding hydrogens is 1150 g/mol. The number of carbonyl (C=O) groups is 2. The van der Waals surface area contributed by atoms with Crippen molar-refractivity contribution in [2.24, 2.45) is 5.73 Å². The Morgan fingerprint density at radius 2 is 0.604 bits per heavy atom. The number of hydrogen-bond donors (Lipinski definition) is 2. The smallest absolute Gasteiger partial charge is 0.462 e. The molecule has 0 aromatic heterocycles. The molecule has 0 aromatic carbocycles. The molecule has 0 aliphatic heterocycles. The molecule has 3 N–H and O–H groups in total. The quantitative estimate of drug-likeness (QED) is 0.0264. The number of phosphoric ester groups is 1. The van der Waals surface area contributed by atoms with Crippen molar-refractivity contribution in [2.45, 2.75) is 354 Å². The van der Waals surface area contributed by atoms with E-state index in [1.807, 2.05) is 0 Å². The maximum Gasteiger partial charge on any atom is 0.472 e. The monoisotopic (exact) mass is 1290 g/mol. The van der Waals surface area contributed by atoms with Crippen LogP contribution in [0.3, 0.4) is 0 Å². The lowest BCUT2D eigenvalue weighted by Crippen LogP contribution is -2.29. The summed E-state index contributed by atoms with van der Waals surface area (Å²) in [6.45, 7) is 3.66. The first kappa shape index (κ1) is 87.4. The molecule has 0 aliphatic carbocycles. The van der Waals surface area contributed by atoms with E-state index in [4.69, 9.17) is 24.3 Å². The summed E-state index contributed by atoms with van der Waals surface area (Å²) in [6, 6.07) is 0. The van der Waals surface area contributed by atoms with Crippen molar-refractivity contribution in [1.82, 2.24) is 0 Å². The topological polar surface area (TPSA) is 134 Å². The fourth-order valence-electron chi connectivity index (χ4n) is 10.7. The van der Waals surface area contributed by atoms with Crippen molar-refractivity contribution >= 4 is 19.8 Å². The molecule has 0 heterocycles. The standard InChI is InChI=1S/C81H142NO8P/c1-3-5-7-9-11-13-15-17-19-21-23-25-27-29-31-33-35-36-37-38-39-40-41-42-44-46-48-50-52-54-56-58-60-62-64-66-68-70-72-74-81(84)90-79(78-89-91(85,86)88-76-75-82)77-87-80(83)73-71-69-67-65-63-61-59-57-55-53-51-49-47-45-43-34-32-30-28-26-24-22-20-18-16-14-12-10-8-6-4-2/h5,7,11,13,16-19,22-25,28-31,35-36,38-39,79H,3-4,6,8-10,12,14-15,20-21,26-27,32-34,37,40-78,82H2,1-2H3,(H,85,86)/b7-5-,13-11-,18-16-,19-17-,24-22-,25-23-,30-28-,31-29-,36-35-,39-38-. The Balaban J connectivity index is 3.84.